The molecule has 0 saturated carbocycles. The lowest BCUT2D eigenvalue weighted by molar-refractivity contribution is -0.120. The number of hydrogen-bond acceptors (Lipinski definition) is 5. The summed E-state index contributed by atoms with van der Waals surface area (Å²) < 4.78 is 18.3. The van der Waals surface area contributed by atoms with Crippen LogP contribution in [0.1, 0.15) is 11.5 Å². The number of nitrogens with zero attached hydrogens (tertiary/aromatic N) is 3. The van der Waals surface area contributed by atoms with Crippen LogP contribution in [0.2, 0.25) is 0 Å². The van der Waals surface area contributed by atoms with Crippen molar-refractivity contribution in [3.63, 3.8) is 0 Å². The summed E-state index contributed by atoms with van der Waals surface area (Å²) in [7, 11) is 0. The summed E-state index contributed by atoms with van der Waals surface area (Å²) in [5.74, 6) is 0.311. The maximum Gasteiger partial charge on any atom is 0.266 e. The summed E-state index contributed by atoms with van der Waals surface area (Å²) in [4.78, 5) is 16.0. The molecule has 122 valence electrons. The zero-order valence-corrected chi connectivity index (χ0v) is 12.8. The van der Waals surface area contributed by atoms with E-state index in [1.807, 2.05) is 6.07 Å². The van der Waals surface area contributed by atoms with Crippen LogP contribution in [0.25, 0.3) is 11.6 Å². The highest BCUT2D eigenvalue weighted by Crippen LogP contribution is 2.14. The van der Waals surface area contributed by atoms with E-state index in [0.717, 1.165) is 5.56 Å². The van der Waals surface area contributed by atoms with Gasteiger partial charge in [0.25, 0.3) is 5.89 Å². The number of amides is 1. The fraction of sp³-hybridized carbons (Fsp3) is 0.176. The molecule has 0 aliphatic carbocycles. The SMILES string of the molecule is O=C(Cc1ccc(F)cc1)NCCc1nnc(-c2ccccn2)o1. The number of hydrogen-bond donors (Lipinski definition) is 1. The van der Waals surface area contributed by atoms with Gasteiger partial charge in [-0.15, -0.1) is 10.2 Å². The first-order valence-corrected chi connectivity index (χ1v) is 7.45. The molecule has 0 unspecified atom stereocenters. The second-order valence-electron chi connectivity index (χ2n) is 5.12. The highest BCUT2D eigenvalue weighted by Gasteiger charge is 2.10. The zero-order valence-electron chi connectivity index (χ0n) is 12.8. The second kappa shape index (κ2) is 7.45. The summed E-state index contributed by atoms with van der Waals surface area (Å²) in [6.45, 7) is 0.379. The van der Waals surface area contributed by atoms with E-state index < -0.39 is 0 Å². The number of halogens is 1. The van der Waals surface area contributed by atoms with E-state index in [1.54, 1.807) is 30.5 Å². The van der Waals surface area contributed by atoms with Crippen LogP contribution >= 0.6 is 0 Å². The van der Waals surface area contributed by atoms with Crippen molar-refractivity contribution in [2.75, 3.05) is 6.54 Å². The van der Waals surface area contributed by atoms with E-state index in [-0.39, 0.29) is 18.1 Å². The van der Waals surface area contributed by atoms with Crippen LogP contribution in [0.3, 0.4) is 0 Å². The molecule has 24 heavy (non-hydrogen) atoms. The van der Waals surface area contributed by atoms with Gasteiger partial charge in [0.1, 0.15) is 11.5 Å². The third-order valence-electron chi connectivity index (χ3n) is 3.29. The minimum Gasteiger partial charge on any atom is -0.419 e. The molecule has 3 rings (SSSR count). The lowest BCUT2D eigenvalue weighted by Gasteiger charge is -2.03. The Morgan fingerprint density at radius 2 is 1.96 bits per heavy atom. The van der Waals surface area contributed by atoms with Crippen molar-refractivity contribution in [3.8, 4) is 11.6 Å². The van der Waals surface area contributed by atoms with Gasteiger partial charge in [-0.2, -0.15) is 0 Å². The second-order valence-corrected chi connectivity index (χ2v) is 5.12. The van der Waals surface area contributed by atoms with Crippen molar-refractivity contribution in [3.05, 3.63) is 65.9 Å². The number of rotatable bonds is 6. The molecule has 2 aromatic heterocycles. The molecule has 0 aliphatic heterocycles. The van der Waals surface area contributed by atoms with E-state index >= 15 is 0 Å². The van der Waals surface area contributed by atoms with Gasteiger partial charge >= 0.3 is 0 Å². The standard InChI is InChI=1S/C17H15FN4O2/c18-13-6-4-12(5-7-13)11-15(23)20-10-8-16-21-22-17(24-16)14-3-1-2-9-19-14/h1-7,9H,8,10-11H2,(H,20,23). The van der Waals surface area contributed by atoms with E-state index in [9.17, 15) is 9.18 Å². The van der Waals surface area contributed by atoms with Crippen molar-refractivity contribution in [1.29, 1.82) is 0 Å². The molecule has 0 atom stereocenters. The minimum atomic E-state index is -0.320. The Morgan fingerprint density at radius 3 is 2.71 bits per heavy atom. The summed E-state index contributed by atoms with van der Waals surface area (Å²) in [5, 5.41) is 10.6. The van der Waals surface area contributed by atoms with Crippen LogP contribution in [0.5, 0.6) is 0 Å². The van der Waals surface area contributed by atoms with E-state index in [2.05, 4.69) is 20.5 Å². The third kappa shape index (κ3) is 4.22. The maximum absolute atomic E-state index is 12.8. The molecule has 1 N–H and O–H groups in total. The molecule has 1 amide bonds. The van der Waals surface area contributed by atoms with E-state index in [4.69, 9.17) is 4.42 Å². The average molecular weight is 326 g/mol. The van der Waals surface area contributed by atoms with Gasteiger partial charge in [-0.1, -0.05) is 18.2 Å². The smallest absolute Gasteiger partial charge is 0.266 e. The fourth-order valence-electron chi connectivity index (χ4n) is 2.11. The Hall–Kier alpha value is -3.09. The number of carbonyl (C=O) groups excluding carboxylic acids is 1. The van der Waals surface area contributed by atoms with Gasteiger partial charge in [0, 0.05) is 19.2 Å². The van der Waals surface area contributed by atoms with Crippen LogP contribution in [0, 0.1) is 5.82 Å². The number of nitrogens with one attached hydrogen (secondary N) is 1. The molecule has 0 spiro atoms. The van der Waals surface area contributed by atoms with Crippen molar-refractivity contribution in [2.45, 2.75) is 12.8 Å². The highest BCUT2D eigenvalue weighted by atomic mass is 19.1. The lowest BCUT2D eigenvalue weighted by atomic mass is 10.1. The third-order valence-corrected chi connectivity index (χ3v) is 3.29. The predicted octanol–water partition coefficient (Wildman–Crippen LogP) is 2.17. The number of pyridine rings is 1. The van der Waals surface area contributed by atoms with Gasteiger partial charge in [-0.3, -0.25) is 9.78 Å². The van der Waals surface area contributed by atoms with Crippen molar-refractivity contribution >= 4 is 5.91 Å². The molecule has 0 saturated heterocycles. The van der Waals surface area contributed by atoms with Crippen LogP contribution in [-0.4, -0.2) is 27.6 Å². The molecule has 7 heteroatoms. The predicted molar refractivity (Wildman–Crippen MR) is 84.3 cm³/mol. The molecule has 0 aliphatic rings. The molecule has 0 radical (unpaired) electrons. The molecule has 0 bridgehead atoms. The first-order valence-electron chi connectivity index (χ1n) is 7.45. The summed E-state index contributed by atoms with van der Waals surface area (Å²) in [6, 6.07) is 11.3. The number of aromatic nitrogens is 3. The van der Waals surface area contributed by atoms with Crippen LogP contribution in [0.4, 0.5) is 4.39 Å². The topological polar surface area (TPSA) is 80.9 Å². The van der Waals surface area contributed by atoms with Crippen molar-refractivity contribution in [2.24, 2.45) is 0 Å². The first kappa shape index (κ1) is 15.8. The van der Waals surface area contributed by atoms with Gasteiger partial charge < -0.3 is 9.73 Å². The largest absolute Gasteiger partial charge is 0.419 e. The van der Waals surface area contributed by atoms with Crippen LogP contribution in [-0.2, 0) is 17.6 Å². The van der Waals surface area contributed by atoms with Crippen molar-refractivity contribution < 1.29 is 13.6 Å². The van der Waals surface area contributed by atoms with Crippen molar-refractivity contribution in [1.82, 2.24) is 20.5 Å². The Labute approximate surface area is 137 Å². The first-order chi connectivity index (χ1) is 11.7. The summed E-state index contributed by atoms with van der Waals surface area (Å²) in [5.41, 5.74) is 1.36. The Balaban J connectivity index is 1.47. The Kier molecular flexibility index (Phi) is 4.90. The summed E-state index contributed by atoms with van der Waals surface area (Å²) >= 11 is 0. The number of carbonyl (C=O) groups is 1. The molecule has 2 heterocycles. The highest BCUT2D eigenvalue weighted by molar-refractivity contribution is 5.78. The minimum absolute atomic E-state index is 0.147. The lowest BCUT2D eigenvalue weighted by Crippen LogP contribution is -2.27. The van der Waals surface area contributed by atoms with Gasteiger partial charge in [0.15, 0.2) is 0 Å². The Bertz CT molecular complexity index is 803. The quantitative estimate of drug-likeness (QED) is 0.751. The average Bonchev–Trinajstić information content (AvgIpc) is 3.07. The van der Waals surface area contributed by atoms with Gasteiger partial charge in [-0.25, -0.2) is 4.39 Å². The summed E-state index contributed by atoms with van der Waals surface area (Å²) in [6.07, 6.45) is 2.27. The number of benzene rings is 1. The zero-order chi connectivity index (χ0) is 16.8. The van der Waals surface area contributed by atoms with Crippen LogP contribution < -0.4 is 5.32 Å². The normalized spacial score (nSPS) is 10.5. The molecular weight excluding hydrogens is 311 g/mol. The monoisotopic (exact) mass is 326 g/mol. The fourth-order valence-corrected chi connectivity index (χ4v) is 2.11. The van der Waals surface area contributed by atoms with Crippen LogP contribution in [0.15, 0.2) is 53.1 Å². The molecule has 3 aromatic rings. The maximum atomic E-state index is 12.8. The van der Waals surface area contributed by atoms with E-state index in [1.165, 1.54) is 12.1 Å². The van der Waals surface area contributed by atoms with Gasteiger partial charge in [0.2, 0.25) is 11.8 Å². The van der Waals surface area contributed by atoms with Gasteiger partial charge in [-0.05, 0) is 29.8 Å². The van der Waals surface area contributed by atoms with E-state index in [0.29, 0.717) is 30.4 Å². The Morgan fingerprint density at radius 1 is 1.12 bits per heavy atom. The van der Waals surface area contributed by atoms with Gasteiger partial charge in [0.05, 0.1) is 6.42 Å². The molecule has 0 fully saturated rings. The molecule has 1 aromatic carbocycles. The molecule has 6 nitrogen and oxygen atoms in total. The molecular formula is C17H15FN4O2.